The maximum absolute atomic E-state index is 13.7. The van der Waals surface area contributed by atoms with Crippen LogP contribution >= 0.6 is 11.6 Å². The third-order valence-electron chi connectivity index (χ3n) is 3.20. The Balaban J connectivity index is 1.85. The molecular formula is C15H10ClFN2O2. The van der Waals surface area contributed by atoms with Crippen molar-refractivity contribution < 1.29 is 14.0 Å². The molecule has 1 heterocycles. The fourth-order valence-electron chi connectivity index (χ4n) is 2.15. The molecule has 1 aliphatic rings. The second kappa shape index (κ2) is 5.18. The second-order valence-electron chi connectivity index (χ2n) is 4.65. The molecule has 0 bridgehead atoms. The molecule has 0 unspecified atom stereocenters. The monoisotopic (exact) mass is 304 g/mol. The van der Waals surface area contributed by atoms with Gasteiger partial charge in [-0.15, -0.1) is 0 Å². The number of anilines is 2. The van der Waals surface area contributed by atoms with E-state index < -0.39 is 11.7 Å². The molecule has 0 aromatic heterocycles. The normalized spacial score (nSPS) is 12.8. The minimum atomic E-state index is -0.679. The quantitative estimate of drug-likeness (QED) is 0.895. The summed E-state index contributed by atoms with van der Waals surface area (Å²) < 4.78 is 13.7. The Hall–Kier alpha value is -2.40. The Morgan fingerprint density at radius 3 is 2.90 bits per heavy atom. The van der Waals surface area contributed by atoms with Gasteiger partial charge in [-0.2, -0.15) is 0 Å². The van der Waals surface area contributed by atoms with Gasteiger partial charge in [0.05, 0.1) is 17.1 Å². The van der Waals surface area contributed by atoms with Crippen molar-refractivity contribution in [1.82, 2.24) is 0 Å². The van der Waals surface area contributed by atoms with Crippen LogP contribution in [-0.2, 0) is 11.2 Å². The molecule has 1 aliphatic heterocycles. The van der Waals surface area contributed by atoms with E-state index >= 15 is 0 Å². The molecule has 2 aromatic carbocycles. The fourth-order valence-corrected chi connectivity index (χ4v) is 2.32. The third-order valence-corrected chi connectivity index (χ3v) is 3.49. The molecular weight excluding hydrogens is 295 g/mol. The van der Waals surface area contributed by atoms with Gasteiger partial charge in [-0.1, -0.05) is 23.7 Å². The molecule has 3 rings (SSSR count). The number of nitrogens with one attached hydrogen (secondary N) is 2. The van der Waals surface area contributed by atoms with Gasteiger partial charge in [0.15, 0.2) is 5.82 Å². The first kappa shape index (κ1) is 13.6. The SMILES string of the molecule is O=C1Cc2ccc(C(=O)Nc3cccc(Cl)c3F)cc2N1. The molecule has 0 atom stereocenters. The summed E-state index contributed by atoms with van der Waals surface area (Å²) >= 11 is 5.66. The van der Waals surface area contributed by atoms with Crippen LogP contribution in [0.25, 0.3) is 0 Å². The number of amides is 2. The molecule has 0 saturated carbocycles. The largest absolute Gasteiger partial charge is 0.326 e. The molecule has 6 heteroatoms. The number of hydrogen-bond donors (Lipinski definition) is 2. The van der Waals surface area contributed by atoms with Crippen LogP contribution in [0.2, 0.25) is 5.02 Å². The molecule has 4 nitrogen and oxygen atoms in total. The Morgan fingerprint density at radius 1 is 1.29 bits per heavy atom. The van der Waals surface area contributed by atoms with Crippen molar-refractivity contribution in [3.63, 3.8) is 0 Å². The van der Waals surface area contributed by atoms with Crippen molar-refractivity contribution in [2.45, 2.75) is 6.42 Å². The Labute approximate surface area is 124 Å². The van der Waals surface area contributed by atoms with E-state index in [9.17, 15) is 14.0 Å². The van der Waals surface area contributed by atoms with Gasteiger partial charge in [-0.3, -0.25) is 9.59 Å². The molecule has 21 heavy (non-hydrogen) atoms. The minimum Gasteiger partial charge on any atom is -0.326 e. The van der Waals surface area contributed by atoms with Crippen LogP contribution in [0.15, 0.2) is 36.4 Å². The topological polar surface area (TPSA) is 58.2 Å². The van der Waals surface area contributed by atoms with Gasteiger partial charge in [-0.25, -0.2) is 4.39 Å². The number of benzene rings is 2. The highest BCUT2D eigenvalue weighted by molar-refractivity contribution is 6.31. The predicted octanol–water partition coefficient (Wildman–Crippen LogP) is 3.23. The first-order valence-electron chi connectivity index (χ1n) is 6.23. The Kier molecular flexibility index (Phi) is 3.35. The lowest BCUT2D eigenvalue weighted by atomic mass is 10.1. The average molecular weight is 305 g/mol. The highest BCUT2D eigenvalue weighted by Crippen LogP contribution is 2.26. The Morgan fingerprint density at radius 2 is 2.10 bits per heavy atom. The van der Waals surface area contributed by atoms with Crippen LogP contribution in [-0.4, -0.2) is 11.8 Å². The number of carbonyl (C=O) groups is 2. The standard InChI is InChI=1S/C15H10ClFN2O2/c16-10-2-1-3-11(14(10)17)19-15(21)9-5-4-8-7-13(20)18-12(8)6-9/h1-6H,7H2,(H,18,20)(H,19,21). The smallest absolute Gasteiger partial charge is 0.255 e. The van der Waals surface area contributed by atoms with E-state index in [1.54, 1.807) is 24.3 Å². The molecule has 0 spiro atoms. The van der Waals surface area contributed by atoms with E-state index in [1.165, 1.54) is 12.1 Å². The average Bonchev–Trinajstić information content (AvgIpc) is 2.82. The number of rotatable bonds is 2. The lowest BCUT2D eigenvalue weighted by molar-refractivity contribution is -0.115. The molecule has 0 saturated heterocycles. The van der Waals surface area contributed by atoms with Crippen molar-refractivity contribution >= 4 is 34.8 Å². The van der Waals surface area contributed by atoms with Crippen molar-refractivity contribution in [1.29, 1.82) is 0 Å². The number of hydrogen-bond acceptors (Lipinski definition) is 2. The van der Waals surface area contributed by atoms with Crippen LogP contribution < -0.4 is 10.6 Å². The molecule has 2 N–H and O–H groups in total. The van der Waals surface area contributed by atoms with E-state index in [0.29, 0.717) is 17.7 Å². The summed E-state index contributed by atoms with van der Waals surface area (Å²) in [5, 5.41) is 5.06. The zero-order chi connectivity index (χ0) is 15.0. The molecule has 0 aliphatic carbocycles. The van der Waals surface area contributed by atoms with Crippen LogP contribution in [0.3, 0.4) is 0 Å². The first-order chi connectivity index (χ1) is 10.0. The summed E-state index contributed by atoms with van der Waals surface area (Å²) in [7, 11) is 0. The maximum atomic E-state index is 13.7. The van der Waals surface area contributed by atoms with Gasteiger partial charge in [-0.05, 0) is 29.8 Å². The molecule has 0 fully saturated rings. The van der Waals surface area contributed by atoms with Crippen molar-refractivity contribution in [3.8, 4) is 0 Å². The van der Waals surface area contributed by atoms with Crippen molar-refractivity contribution in [2.24, 2.45) is 0 Å². The van der Waals surface area contributed by atoms with Gasteiger partial charge in [0.25, 0.3) is 5.91 Å². The van der Waals surface area contributed by atoms with Crippen molar-refractivity contribution in [2.75, 3.05) is 10.6 Å². The van der Waals surface area contributed by atoms with Crippen molar-refractivity contribution in [3.05, 3.63) is 58.4 Å². The van der Waals surface area contributed by atoms with E-state index in [2.05, 4.69) is 10.6 Å². The number of carbonyl (C=O) groups excluding carboxylic acids is 2. The zero-order valence-corrected chi connectivity index (χ0v) is 11.5. The highest BCUT2D eigenvalue weighted by Gasteiger charge is 2.19. The van der Waals surface area contributed by atoms with E-state index in [0.717, 1.165) is 5.56 Å². The van der Waals surface area contributed by atoms with E-state index in [1.807, 2.05) is 0 Å². The predicted molar refractivity (Wildman–Crippen MR) is 78.1 cm³/mol. The zero-order valence-electron chi connectivity index (χ0n) is 10.7. The van der Waals surface area contributed by atoms with Crippen LogP contribution in [0, 0.1) is 5.82 Å². The van der Waals surface area contributed by atoms with Gasteiger partial charge in [0.1, 0.15) is 0 Å². The molecule has 2 aromatic rings. The summed E-state index contributed by atoms with van der Waals surface area (Å²) in [6.07, 6.45) is 0.306. The summed E-state index contributed by atoms with van der Waals surface area (Å²) in [5.41, 5.74) is 1.79. The van der Waals surface area contributed by atoms with Gasteiger partial charge < -0.3 is 10.6 Å². The van der Waals surface area contributed by atoms with E-state index in [-0.39, 0.29) is 16.6 Å². The van der Waals surface area contributed by atoms with E-state index in [4.69, 9.17) is 11.6 Å². The maximum Gasteiger partial charge on any atom is 0.255 e. The van der Waals surface area contributed by atoms with Crippen LogP contribution in [0.4, 0.5) is 15.8 Å². The molecule has 106 valence electrons. The molecule has 0 radical (unpaired) electrons. The van der Waals surface area contributed by atoms with Gasteiger partial charge in [0.2, 0.25) is 5.91 Å². The first-order valence-corrected chi connectivity index (χ1v) is 6.60. The molecule has 2 amide bonds. The lowest BCUT2D eigenvalue weighted by Gasteiger charge is -2.08. The van der Waals surface area contributed by atoms with Crippen LogP contribution in [0.1, 0.15) is 15.9 Å². The fraction of sp³-hybridized carbons (Fsp3) is 0.0667. The van der Waals surface area contributed by atoms with Gasteiger partial charge >= 0.3 is 0 Å². The summed E-state index contributed by atoms with van der Waals surface area (Å²) in [5.74, 6) is -1.26. The van der Waals surface area contributed by atoms with Crippen LogP contribution in [0.5, 0.6) is 0 Å². The number of halogens is 2. The Bertz CT molecular complexity index is 761. The summed E-state index contributed by atoms with van der Waals surface area (Å²) in [4.78, 5) is 23.4. The minimum absolute atomic E-state index is 0.0111. The third kappa shape index (κ3) is 2.60. The summed E-state index contributed by atoms with van der Waals surface area (Å²) in [6, 6.07) is 9.24. The summed E-state index contributed by atoms with van der Waals surface area (Å²) in [6.45, 7) is 0. The second-order valence-corrected chi connectivity index (χ2v) is 5.06. The number of fused-ring (bicyclic) bond motifs is 1. The highest BCUT2D eigenvalue weighted by atomic mass is 35.5. The lowest BCUT2D eigenvalue weighted by Crippen LogP contribution is -2.13. The van der Waals surface area contributed by atoms with Gasteiger partial charge in [0, 0.05) is 11.3 Å².